The Labute approximate surface area is 82.5 Å². The molecule has 0 aromatic carbocycles. The Hall–Kier alpha value is -0.120. The number of hydrogen-bond acceptors (Lipinski definition) is 2. The predicted octanol–water partition coefficient (Wildman–Crippen LogP) is 0.0677. The number of hydrogen-bond donors (Lipinski definition) is 2. The van der Waals surface area contributed by atoms with Crippen molar-refractivity contribution < 1.29 is 5.73 Å². The van der Waals surface area contributed by atoms with Crippen LogP contribution in [0.1, 0.15) is 33.6 Å². The Morgan fingerprint density at radius 3 is 2.08 bits per heavy atom. The number of nitrogens with zero attached hydrogens (tertiary/aromatic N) is 1. The lowest BCUT2D eigenvalue weighted by atomic mass is 10.1. The summed E-state index contributed by atoms with van der Waals surface area (Å²) >= 11 is 0. The molecule has 0 unspecified atom stereocenters. The fourth-order valence-electron chi connectivity index (χ4n) is 1.37. The van der Waals surface area contributed by atoms with Crippen molar-refractivity contribution in [3.05, 3.63) is 0 Å². The lowest BCUT2D eigenvalue weighted by Gasteiger charge is -2.35. The largest absolute Gasteiger partial charge is 0.358 e. The Bertz CT molecular complexity index is 110. The highest BCUT2D eigenvalue weighted by atomic mass is 15.2. The van der Waals surface area contributed by atoms with E-state index in [4.69, 9.17) is 5.73 Å². The Morgan fingerprint density at radius 2 is 1.69 bits per heavy atom. The highest BCUT2D eigenvalue weighted by Crippen LogP contribution is 2.13. The zero-order valence-corrected chi connectivity index (χ0v) is 9.47. The molecule has 0 aliphatic rings. The van der Waals surface area contributed by atoms with Gasteiger partial charge in [0.2, 0.25) is 0 Å². The zero-order chi connectivity index (χ0) is 10.3. The van der Waals surface area contributed by atoms with E-state index in [1.54, 1.807) is 0 Å². The summed E-state index contributed by atoms with van der Waals surface area (Å²) in [6.45, 7) is 10.8. The van der Waals surface area contributed by atoms with E-state index in [1.165, 1.54) is 6.42 Å². The summed E-state index contributed by atoms with van der Waals surface area (Å²) in [7, 11) is 0. The lowest BCUT2D eigenvalue weighted by Crippen LogP contribution is -2.52. The normalized spacial score (nSPS) is 12.5. The van der Waals surface area contributed by atoms with Crippen molar-refractivity contribution >= 4 is 0 Å². The standard InChI is InChI=1S/C10H25N3/c1-10(2,3)13(8-4-6-11)9-5-7-12/h4-9,11-12H2,1-3H3/p+1. The van der Waals surface area contributed by atoms with Crippen molar-refractivity contribution in [2.75, 3.05) is 26.2 Å². The van der Waals surface area contributed by atoms with Gasteiger partial charge in [0.15, 0.2) is 0 Å². The maximum Gasteiger partial charge on any atom is 0.0752 e. The molecule has 0 aliphatic heterocycles. The van der Waals surface area contributed by atoms with Gasteiger partial charge in [-0.25, -0.2) is 0 Å². The first-order valence-corrected chi connectivity index (χ1v) is 5.26. The molecule has 80 valence electrons. The van der Waals surface area contributed by atoms with Gasteiger partial charge in [0.25, 0.3) is 0 Å². The molecular formula is C10H26N3+. The smallest absolute Gasteiger partial charge is 0.0752 e. The summed E-state index contributed by atoms with van der Waals surface area (Å²) in [5, 5.41) is 0. The first-order chi connectivity index (χ1) is 6.02. The minimum atomic E-state index is 0.268. The van der Waals surface area contributed by atoms with Gasteiger partial charge in [0.1, 0.15) is 0 Å². The van der Waals surface area contributed by atoms with Gasteiger partial charge in [-0.2, -0.15) is 0 Å². The van der Waals surface area contributed by atoms with Gasteiger partial charge in [-0.3, -0.25) is 4.90 Å². The van der Waals surface area contributed by atoms with Gasteiger partial charge in [0.05, 0.1) is 6.54 Å². The van der Waals surface area contributed by atoms with Crippen LogP contribution in [0.15, 0.2) is 0 Å². The van der Waals surface area contributed by atoms with Gasteiger partial charge in [-0.15, -0.1) is 0 Å². The summed E-state index contributed by atoms with van der Waals surface area (Å²) in [5.74, 6) is 0. The van der Waals surface area contributed by atoms with Crippen LogP contribution >= 0.6 is 0 Å². The summed E-state index contributed by atoms with van der Waals surface area (Å²) in [5.41, 5.74) is 9.65. The summed E-state index contributed by atoms with van der Waals surface area (Å²) in [4.78, 5) is 2.49. The second-order valence-electron chi connectivity index (χ2n) is 4.51. The van der Waals surface area contributed by atoms with E-state index in [2.05, 4.69) is 31.4 Å². The van der Waals surface area contributed by atoms with Crippen LogP contribution in [0.25, 0.3) is 0 Å². The van der Waals surface area contributed by atoms with Crippen LogP contribution in [0, 0.1) is 0 Å². The third-order valence-corrected chi connectivity index (χ3v) is 2.26. The Morgan fingerprint density at radius 1 is 1.15 bits per heavy atom. The molecular weight excluding hydrogens is 162 g/mol. The van der Waals surface area contributed by atoms with Crippen LogP contribution in [0.5, 0.6) is 0 Å². The fourth-order valence-corrected chi connectivity index (χ4v) is 1.37. The SMILES string of the molecule is CC(C)(C)N(CCCN)CCC[NH3+]. The average Bonchev–Trinajstić information content (AvgIpc) is 2.02. The van der Waals surface area contributed by atoms with Gasteiger partial charge >= 0.3 is 0 Å². The molecule has 0 radical (unpaired) electrons. The molecule has 0 rings (SSSR count). The van der Waals surface area contributed by atoms with Gasteiger partial charge < -0.3 is 11.5 Å². The van der Waals surface area contributed by atoms with Crippen LogP contribution in [-0.4, -0.2) is 36.6 Å². The number of nitrogens with two attached hydrogens (primary N) is 1. The minimum Gasteiger partial charge on any atom is -0.358 e. The molecule has 0 bridgehead atoms. The van der Waals surface area contributed by atoms with Crippen LogP contribution in [0.4, 0.5) is 0 Å². The molecule has 0 fully saturated rings. The molecule has 0 spiro atoms. The molecule has 0 heterocycles. The maximum atomic E-state index is 5.51. The molecule has 5 N–H and O–H groups in total. The second kappa shape index (κ2) is 6.35. The monoisotopic (exact) mass is 188 g/mol. The van der Waals surface area contributed by atoms with E-state index in [-0.39, 0.29) is 5.54 Å². The van der Waals surface area contributed by atoms with E-state index in [0.717, 1.165) is 32.6 Å². The molecule has 0 aromatic heterocycles. The van der Waals surface area contributed by atoms with E-state index < -0.39 is 0 Å². The van der Waals surface area contributed by atoms with Crippen LogP contribution in [0.3, 0.4) is 0 Å². The van der Waals surface area contributed by atoms with Crippen molar-refractivity contribution in [2.24, 2.45) is 5.73 Å². The van der Waals surface area contributed by atoms with E-state index in [1.807, 2.05) is 0 Å². The predicted molar refractivity (Wildman–Crippen MR) is 57.4 cm³/mol. The van der Waals surface area contributed by atoms with Crippen molar-refractivity contribution in [2.45, 2.75) is 39.2 Å². The van der Waals surface area contributed by atoms with E-state index >= 15 is 0 Å². The van der Waals surface area contributed by atoms with Crippen LogP contribution < -0.4 is 11.5 Å². The summed E-state index contributed by atoms with van der Waals surface area (Å²) in [6.07, 6.45) is 2.27. The van der Waals surface area contributed by atoms with Crippen molar-refractivity contribution in [3.63, 3.8) is 0 Å². The van der Waals surface area contributed by atoms with Gasteiger partial charge in [0, 0.05) is 18.5 Å². The molecule has 3 nitrogen and oxygen atoms in total. The first kappa shape index (κ1) is 12.9. The molecule has 0 amide bonds. The summed E-state index contributed by atoms with van der Waals surface area (Å²) < 4.78 is 0. The Balaban J connectivity index is 3.88. The summed E-state index contributed by atoms with van der Waals surface area (Å²) in [6, 6.07) is 0. The number of rotatable bonds is 6. The second-order valence-corrected chi connectivity index (χ2v) is 4.51. The average molecular weight is 188 g/mol. The molecule has 0 saturated heterocycles. The highest BCUT2D eigenvalue weighted by Gasteiger charge is 2.19. The zero-order valence-electron chi connectivity index (χ0n) is 9.47. The van der Waals surface area contributed by atoms with Gasteiger partial charge in [-0.1, -0.05) is 0 Å². The fraction of sp³-hybridized carbons (Fsp3) is 1.00. The van der Waals surface area contributed by atoms with Crippen LogP contribution in [0.2, 0.25) is 0 Å². The topological polar surface area (TPSA) is 56.9 Å². The maximum absolute atomic E-state index is 5.51. The van der Waals surface area contributed by atoms with Crippen molar-refractivity contribution in [1.82, 2.24) is 4.90 Å². The molecule has 0 aromatic rings. The number of quaternary nitrogens is 1. The molecule has 3 heteroatoms. The van der Waals surface area contributed by atoms with E-state index in [9.17, 15) is 0 Å². The highest BCUT2D eigenvalue weighted by molar-refractivity contribution is 4.75. The Kier molecular flexibility index (Phi) is 6.29. The van der Waals surface area contributed by atoms with Crippen LogP contribution in [-0.2, 0) is 0 Å². The van der Waals surface area contributed by atoms with Crippen molar-refractivity contribution in [3.8, 4) is 0 Å². The first-order valence-electron chi connectivity index (χ1n) is 5.26. The third kappa shape index (κ3) is 6.02. The molecule has 0 atom stereocenters. The van der Waals surface area contributed by atoms with E-state index in [0.29, 0.717) is 0 Å². The molecule has 0 saturated carbocycles. The van der Waals surface area contributed by atoms with Crippen molar-refractivity contribution in [1.29, 1.82) is 0 Å². The third-order valence-electron chi connectivity index (χ3n) is 2.26. The lowest BCUT2D eigenvalue weighted by molar-refractivity contribution is -0.368. The molecule has 13 heavy (non-hydrogen) atoms. The quantitative estimate of drug-likeness (QED) is 0.619. The molecule has 0 aliphatic carbocycles. The minimum absolute atomic E-state index is 0.268. The van der Waals surface area contributed by atoms with Gasteiger partial charge in [-0.05, 0) is 40.3 Å².